The number of carbonyl (C=O) groups is 3. The lowest BCUT2D eigenvalue weighted by Crippen LogP contribution is -2.42. The number of rotatable bonds is 6. The summed E-state index contributed by atoms with van der Waals surface area (Å²) in [6, 6.07) is 1.57. The number of ether oxygens (including phenoxy) is 3. The van der Waals surface area contributed by atoms with Gasteiger partial charge in [-0.1, -0.05) is 0 Å². The number of benzene rings is 1. The quantitative estimate of drug-likeness (QED) is 0.589. The lowest BCUT2D eigenvalue weighted by molar-refractivity contribution is -0.164. The number of aliphatic carboxylic acids is 1. The third-order valence-electron chi connectivity index (χ3n) is 3.87. The molecule has 1 saturated heterocycles. The van der Waals surface area contributed by atoms with Gasteiger partial charge < -0.3 is 19.3 Å². The number of hydrogen-bond donors (Lipinski definition) is 1. The van der Waals surface area contributed by atoms with Crippen LogP contribution < -0.4 is 4.74 Å². The fourth-order valence-electron chi connectivity index (χ4n) is 2.74. The highest BCUT2D eigenvalue weighted by Crippen LogP contribution is 2.27. The Kier molecular flexibility index (Phi) is 6.54. The van der Waals surface area contributed by atoms with Crippen molar-refractivity contribution in [1.82, 2.24) is 4.90 Å². The van der Waals surface area contributed by atoms with Crippen LogP contribution in [0.15, 0.2) is 18.2 Å². The number of nitrogens with zero attached hydrogens (tertiary/aromatic N) is 1. The first-order valence-electron chi connectivity index (χ1n) is 8.12. The van der Waals surface area contributed by atoms with Crippen molar-refractivity contribution in [3.63, 3.8) is 0 Å². The molecule has 1 amide bonds. The van der Waals surface area contributed by atoms with Gasteiger partial charge >= 0.3 is 18.0 Å². The largest absolute Gasteiger partial charge is 0.490 e. The van der Waals surface area contributed by atoms with E-state index in [0.717, 1.165) is 30.0 Å². The second-order valence-corrected chi connectivity index (χ2v) is 6.05. The molecule has 10 heteroatoms. The van der Waals surface area contributed by atoms with Gasteiger partial charge in [0.2, 0.25) is 6.29 Å². The summed E-state index contributed by atoms with van der Waals surface area (Å²) in [5.41, 5.74) is 0. The molecule has 0 bridgehead atoms. The number of carbonyl (C=O) groups excluding carboxylic acids is 2. The Bertz CT molecular complexity index is 727. The molecular formula is C17H19F2NO7. The number of carboxylic acids is 1. The molecule has 1 heterocycles. The van der Waals surface area contributed by atoms with Gasteiger partial charge in [-0.2, -0.15) is 0 Å². The average molecular weight is 387 g/mol. The Morgan fingerprint density at radius 1 is 1.30 bits per heavy atom. The molecule has 0 aliphatic carbocycles. The molecular weight excluding hydrogens is 368 g/mol. The van der Waals surface area contributed by atoms with Crippen LogP contribution in [-0.2, 0) is 19.1 Å². The summed E-state index contributed by atoms with van der Waals surface area (Å²) in [6.45, 7) is 2.31. The Morgan fingerprint density at radius 2 is 2.00 bits per heavy atom. The zero-order valence-corrected chi connectivity index (χ0v) is 14.7. The molecule has 1 fully saturated rings. The number of hydrogen-bond acceptors (Lipinski definition) is 6. The van der Waals surface area contributed by atoms with E-state index in [9.17, 15) is 28.3 Å². The van der Waals surface area contributed by atoms with Crippen molar-refractivity contribution in [2.45, 2.75) is 32.6 Å². The van der Waals surface area contributed by atoms with Crippen molar-refractivity contribution >= 4 is 18.0 Å². The summed E-state index contributed by atoms with van der Waals surface area (Å²) in [7, 11) is 0. The normalized spacial score (nSPS) is 20.1. The molecule has 0 unspecified atom stereocenters. The Labute approximate surface area is 153 Å². The number of halogens is 2. The molecule has 1 aliphatic rings. The predicted octanol–water partition coefficient (Wildman–Crippen LogP) is 2.16. The Hall–Kier alpha value is -2.91. The topological polar surface area (TPSA) is 102 Å². The first-order chi connectivity index (χ1) is 12.7. The summed E-state index contributed by atoms with van der Waals surface area (Å²) < 4.78 is 41.6. The Morgan fingerprint density at radius 3 is 2.63 bits per heavy atom. The summed E-state index contributed by atoms with van der Waals surface area (Å²) in [6.07, 6.45) is -2.10. The Balaban J connectivity index is 1.99. The first kappa shape index (κ1) is 20.4. The second kappa shape index (κ2) is 8.65. The molecule has 1 aromatic carbocycles. The van der Waals surface area contributed by atoms with Crippen molar-refractivity contribution in [3.05, 3.63) is 29.8 Å². The molecule has 148 valence electrons. The monoisotopic (exact) mass is 387 g/mol. The summed E-state index contributed by atoms with van der Waals surface area (Å²) in [4.78, 5) is 35.4. The standard InChI is InChI=1S/C17H19F2NO7/c1-9(21)26-10(2)27-17(24)20-7-11(5-14(20)16(22)23)8-25-15-6-12(18)3-4-13(15)19/h3-4,6,10-11,14H,5,7-8H2,1-2H3,(H,22,23)/t10-,11+,14+/m1/s1. The molecule has 2 rings (SSSR count). The van der Waals surface area contributed by atoms with Crippen LogP contribution in [0.4, 0.5) is 13.6 Å². The van der Waals surface area contributed by atoms with E-state index >= 15 is 0 Å². The highest BCUT2D eigenvalue weighted by atomic mass is 19.1. The van der Waals surface area contributed by atoms with Gasteiger partial charge in [-0.3, -0.25) is 9.69 Å². The molecule has 0 aromatic heterocycles. The highest BCUT2D eigenvalue weighted by molar-refractivity contribution is 5.81. The van der Waals surface area contributed by atoms with Crippen LogP contribution in [-0.4, -0.2) is 53.5 Å². The van der Waals surface area contributed by atoms with E-state index < -0.39 is 47.9 Å². The van der Waals surface area contributed by atoms with E-state index in [1.807, 2.05) is 0 Å². The van der Waals surface area contributed by atoms with E-state index in [4.69, 9.17) is 9.47 Å². The van der Waals surface area contributed by atoms with Gasteiger partial charge in [-0.05, 0) is 18.6 Å². The van der Waals surface area contributed by atoms with Crippen LogP contribution in [0.2, 0.25) is 0 Å². The summed E-state index contributed by atoms with van der Waals surface area (Å²) in [5.74, 6) is -4.07. The second-order valence-electron chi connectivity index (χ2n) is 6.05. The summed E-state index contributed by atoms with van der Waals surface area (Å²) >= 11 is 0. The van der Waals surface area contributed by atoms with Crippen molar-refractivity contribution in [1.29, 1.82) is 0 Å². The fourth-order valence-corrected chi connectivity index (χ4v) is 2.74. The third kappa shape index (κ3) is 5.53. The van der Waals surface area contributed by atoms with Crippen molar-refractivity contribution < 1.29 is 42.5 Å². The number of carboxylic acid groups (broad SMARTS) is 1. The smallest absolute Gasteiger partial charge is 0.413 e. The van der Waals surface area contributed by atoms with Crippen LogP contribution in [0.3, 0.4) is 0 Å². The molecule has 8 nitrogen and oxygen atoms in total. The maximum atomic E-state index is 13.6. The minimum atomic E-state index is -1.24. The zero-order chi connectivity index (χ0) is 20.1. The predicted molar refractivity (Wildman–Crippen MR) is 85.8 cm³/mol. The van der Waals surface area contributed by atoms with Crippen molar-refractivity contribution in [3.8, 4) is 5.75 Å². The average Bonchev–Trinajstić information content (AvgIpc) is 2.99. The van der Waals surface area contributed by atoms with Gasteiger partial charge in [0, 0.05) is 32.4 Å². The van der Waals surface area contributed by atoms with Gasteiger partial charge in [0.25, 0.3) is 0 Å². The summed E-state index contributed by atoms with van der Waals surface area (Å²) in [5, 5.41) is 9.31. The third-order valence-corrected chi connectivity index (χ3v) is 3.87. The van der Waals surface area contributed by atoms with Crippen molar-refractivity contribution in [2.24, 2.45) is 5.92 Å². The molecule has 1 aliphatic heterocycles. The van der Waals surface area contributed by atoms with E-state index in [2.05, 4.69) is 4.74 Å². The first-order valence-corrected chi connectivity index (χ1v) is 8.12. The number of amides is 1. The fraction of sp³-hybridized carbons (Fsp3) is 0.471. The van der Waals surface area contributed by atoms with E-state index in [1.54, 1.807) is 0 Å². The lowest BCUT2D eigenvalue weighted by atomic mass is 10.1. The van der Waals surface area contributed by atoms with Crippen molar-refractivity contribution in [2.75, 3.05) is 13.2 Å². The van der Waals surface area contributed by atoms with Gasteiger partial charge in [0.05, 0.1) is 6.61 Å². The highest BCUT2D eigenvalue weighted by Gasteiger charge is 2.41. The zero-order valence-electron chi connectivity index (χ0n) is 14.7. The van der Waals surface area contributed by atoms with Crippen LogP contribution in [0, 0.1) is 17.6 Å². The van der Waals surface area contributed by atoms with E-state index in [0.29, 0.717) is 0 Å². The van der Waals surface area contributed by atoms with Gasteiger partial charge in [-0.15, -0.1) is 0 Å². The SMILES string of the molecule is CC(=O)O[C@@H](C)OC(=O)N1C[C@@H](COc2cc(F)ccc2F)C[C@H]1C(=O)O. The minimum absolute atomic E-state index is 0.0282. The molecule has 1 N–H and O–H groups in total. The molecule has 0 radical (unpaired) electrons. The maximum absolute atomic E-state index is 13.6. The maximum Gasteiger partial charge on any atom is 0.413 e. The van der Waals surface area contributed by atoms with Crippen LogP contribution in [0.5, 0.6) is 5.75 Å². The van der Waals surface area contributed by atoms with Gasteiger partial charge in [-0.25, -0.2) is 18.4 Å². The number of likely N-dealkylation sites (tertiary alicyclic amines) is 1. The van der Waals surface area contributed by atoms with Crippen LogP contribution >= 0.6 is 0 Å². The van der Waals surface area contributed by atoms with Crippen LogP contribution in [0.25, 0.3) is 0 Å². The minimum Gasteiger partial charge on any atom is -0.490 e. The van der Waals surface area contributed by atoms with E-state index in [-0.39, 0.29) is 25.3 Å². The molecule has 1 aromatic rings. The molecule has 3 atom stereocenters. The lowest BCUT2D eigenvalue weighted by Gasteiger charge is -2.23. The molecule has 27 heavy (non-hydrogen) atoms. The van der Waals surface area contributed by atoms with Crippen LogP contribution in [0.1, 0.15) is 20.3 Å². The molecule has 0 saturated carbocycles. The van der Waals surface area contributed by atoms with Gasteiger partial charge in [0.1, 0.15) is 11.9 Å². The van der Waals surface area contributed by atoms with E-state index in [1.165, 1.54) is 6.92 Å². The molecule has 0 spiro atoms. The number of esters is 1. The van der Waals surface area contributed by atoms with Gasteiger partial charge in [0.15, 0.2) is 11.6 Å².